The van der Waals surface area contributed by atoms with Crippen molar-refractivity contribution in [3.05, 3.63) is 28.8 Å². The standard InChI is InChI=1S/C14H17ClN2/c1-10(7-11-3-2-4-11)17-13-6-5-12(9-16)14(15)8-13/h5-6,8,10-11,17H,2-4,7H2,1H3. The van der Waals surface area contributed by atoms with Crippen LogP contribution in [0, 0.1) is 17.2 Å². The van der Waals surface area contributed by atoms with Gasteiger partial charge in [0.05, 0.1) is 10.6 Å². The van der Waals surface area contributed by atoms with Crippen molar-refractivity contribution in [1.82, 2.24) is 0 Å². The molecule has 1 fully saturated rings. The van der Waals surface area contributed by atoms with Gasteiger partial charge in [-0.2, -0.15) is 5.26 Å². The largest absolute Gasteiger partial charge is 0.383 e. The first-order chi connectivity index (χ1) is 8.19. The smallest absolute Gasteiger partial charge is 0.101 e. The van der Waals surface area contributed by atoms with E-state index in [2.05, 4.69) is 18.3 Å². The molecule has 1 unspecified atom stereocenters. The van der Waals surface area contributed by atoms with E-state index in [0.717, 1.165) is 11.6 Å². The second kappa shape index (κ2) is 5.42. The highest BCUT2D eigenvalue weighted by Gasteiger charge is 2.19. The number of rotatable bonds is 4. The molecule has 1 saturated carbocycles. The van der Waals surface area contributed by atoms with Crippen molar-refractivity contribution in [3.8, 4) is 6.07 Å². The minimum atomic E-state index is 0.462. The fourth-order valence-electron chi connectivity index (χ4n) is 2.27. The molecule has 0 spiro atoms. The Kier molecular flexibility index (Phi) is 3.91. The Morgan fingerprint density at radius 3 is 2.82 bits per heavy atom. The zero-order valence-corrected chi connectivity index (χ0v) is 10.8. The van der Waals surface area contributed by atoms with Gasteiger partial charge in [0.2, 0.25) is 0 Å². The third kappa shape index (κ3) is 3.14. The van der Waals surface area contributed by atoms with E-state index in [-0.39, 0.29) is 0 Å². The van der Waals surface area contributed by atoms with Crippen molar-refractivity contribution < 1.29 is 0 Å². The topological polar surface area (TPSA) is 35.8 Å². The van der Waals surface area contributed by atoms with E-state index in [9.17, 15) is 0 Å². The van der Waals surface area contributed by atoms with Crippen LogP contribution in [0.5, 0.6) is 0 Å². The fourth-order valence-corrected chi connectivity index (χ4v) is 2.49. The first-order valence-corrected chi connectivity index (χ1v) is 6.53. The monoisotopic (exact) mass is 248 g/mol. The summed E-state index contributed by atoms with van der Waals surface area (Å²) in [5, 5.41) is 12.8. The predicted octanol–water partition coefficient (Wildman–Crippen LogP) is 4.20. The number of benzene rings is 1. The van der Waals surface area contributed by atoms with Gasteiger partial charge in [-0.1, -0.05) is 30.9 Å². The third-order valence-corrected chi connectivity index (χ3v) is 3.73. The number of anilines is 1. The van der Waals surface area contributed by atoms with Crippen molar-refractivity contribution in [2.75, 3.05) is 5.32 Å². The van der Waals surface area contributed by atoms with Crippen LogP contribution in [0.1, 0.15) is 38.2 Å². The highest BCUT2D eigenvalue weighted by Crippen LogP contribution is 2.31. The van der Waals surface area contributed by atoms with Crippen LogP contribution in [0.4, 0.5) is 5.69 Å². The molecule has 90 valence electrons. The molecule has 0 aromatic heterocycles. The molecule has 2 rings (SSSR count). The molecule has 0 aliphatic heterocycles. The van der Waals surface area contributed by atoms with Gasteiger partial charge < -0.3 is 5.32 Å². The van der Waals surface area contributed by atoms with Crippen molar-refractivity contribution >= 4 is 17.3 Å². The molecule has 3 heteroatoms. The number of hydrogen-bond acceptors (Lipinski definition) is 2. The Bertz CT molecular complexity index is 432. The molecule has 17 heavy (non-hydrogen) atoms. The van der Waals surface area contributed by atoms with Gasteiger partial charge in [-0.15, -0.1) is 0 Å². The molecule has 1 aromatic rings. The molecular formula is C14H17ClN2. The Balaban J connectivity index is 1.93. The van der Waals surface area contributed by atoms with Gasteiger partial charge in [0, 0.05) is 11.7 Å². The first-order valence-electron chi connectivity index (χ1n) is 6.15. The van der Waals surface area contributed by atoms with Crippen molar-refractivity contribution in [2.45, 2.75) is 38.6 Å². The van der Waals surface area contributed by atoms with Crippen molar-refractivity contribution in [2.24, 2.45) is 5.92 Å². The van der Waals surface area contributed by atoms with E-state index in [0.29, 0.717) is 16.6 Å². The van der Waals surface area contributed by atoms with E-state index in [1.807, 2.05) is 12.1 Å². The maximum atomic E-state index is 8.79. The SMILES string of the molecule is CC(CC1CCC1)Nc1ccc(C#N)c(Cl)c1. The average Bonchev–Trinajstić information content (AvgIpc) is 2.24. The minimum absolute atomic E-state index is 0.462. The lowest BCUT2D eigenvalue weighted by molar-refractivity contribution is 0.286. The van der Waals surface area contributed by atoms with Crippen molar-refractivity contribution in [3.63, 3.8) is 0 Å². The van der Waals surface area contributed by atoms with E-state index in [4.69, 9.17) is 16.9 Å². The van der Waals surface area contributed by atoms with E-state index < -0.39 is 0 Å². The zero-order chi connectivity index (χ0) is 12.3. The Hall–Kier alpha value is -1.20. The van der Waals surface area contributed by atoms with Gasteiger partial charge in [-0.25, -0.2) is 0 Å². The summed E-state index contributed by atoms with van der Waals surface area (Å²) in [5.41, 5.74) is 1.53. The van der Waals surface area contributed by atoms with Gasteiger partial charge in [-0.05, 0) is 37.5 Å². The zero-order valence-electron chi connectivity index (χ0n) is 10.0. The van der Waals surface area contributed by atoms with E-state index >= 15 is 0 Å². The summed E-state index contributed by atoms with van der Waals surface area (Å²) >= 11 is 5.99. The molecule has 2 nitrogen and oxygen atoms in total. The van der Waals surface area contributed by atoms with Crippen LogP contribution in [0.15, 0.2) is 18.2 Å². The molecule has 1 aliphatic rings. The Labute approximate surface area is 108 Å². The second-order valence-corrected chi connectivity index (χ2v) is 5.29. The minimum Gasteiger partial charge on any atom is -0.383 e. The second-order valence-electron chi connectivity index (χ2n) is 4.88. The lowest BCUT2D eigenvalue weighted by atomic mass is 9.81. The van der Waals surface area contributed by atoms with Crippen LogP contribution in [0.3, 0.4) is 0 Å². The maximum Gasteiger partial charge on any atom is 0.101 e. The van der Waals surface area contributed by atoms with Crippen LogP contribution in [-0.2, 0) is 0 Å². The number of nitriles is 1. The third-order valence-electron chi connectivity index (χ3n) is 3.41. The molecule has 0 saturated heterocycles. The Morgan fingerprint density at radius 1 is 1.53 bits per heavy atom. The summed E-state index contributed by atoms with van der Waals surface area (Å²) in [6.07, 6.45) is 5.36. The van der Waals surface area contributed by atoms with Crippen LogP contribution < -0.4 is 5.32 Å². The van der Waals surface area contributed by atoms with E-state index in [1.54, 1.807) is 6.07 Å². The number of hydrogen-bond donors (Lipinski definition) is 1. The number of nitrogens with zero attached hydrogens (tertiary/aromatic N) is 1. The molecular weight excluding hydrogens is 232 g/mol. The normalized spacial score (nSPS) is 17.0. The molecule has 1 atom stereocenters. The van der Waals surface area contributed by atoms with Crippen LogP contribution in [0.2, 0.25) is 5.02 Å². The lowest BCUT2D eigenvalue weighted by Gasteiger charge is -2.29. The average molecular weight is 249 g/mol. The molecule has 1 N–H and O–H groups in total. The highest BCUT2D eigenvalue weighted by molar-refractivity contribution is 6.32. The Morgan fingerprint density at radius 2 is 2.29 bits per heavy atom. The fraction of sp³-hybridized carbons (Fsp3) is 0.500. The van der Waals surface area contributed by atoms with Crippen LogP contribution in [-0.4, -0.2) is 6.04 Å². The van der Waals surface area contributed by atoms with Gasteiger partial charge in [0.1, 0.15) is 6.07 Å². The molecule has 0 radical (unpaired) electrons. The number of nitrogens with one attached hydrogen (secondary N) is 1. The van der Waals surface area contributed by atoms with Gasteiger partial charge in [0.25, 0.3) is 0 Å². The summed E-state index contributed by atoms with van der Waals surface area (Å²) in [4.78, 5) is 0. The highest BCUT2D eigenvalue weighted by atomic mass is 35.5. The molecule has 1 aliphatic carbocycles. The summed E-state index contributed by atoms with van der Waals surface area (Å²) in [6.45, 7) is 2.20. The first kappa shape index (κ1) is 12.3. The predicted molar refractivity (Wildman–Crippen MR) is 71.2 cm³/mol. The summed E-state index contributed by atoms with van der Waals surface area (Å²) in [6, 6.07) is 8.04. The summed E-state index contributed by atoms with van der Waals surface area (Å²) in [7, 11) is 0. The molecule has 1 aromatic carbocycles. The summed E-state index contributed by atoms with van der Waals surface area (Å²) < 4.78 is 0. The molecule has 0 amide bonds. The van der Waals surface area contributed by atoms with Crippen LogP contribution >= 0.6 is 11.6 Å². The van der Waals surface area contributed by atoms with Crippen LogP contribution in [0.25, 0.3) is 0 Å². The quantitative estimate of drug-likeness (QED) is 0.867. The lowest BCUT2D eigenvalue weighted by Crippen LogP contribution is -2.23. The summed E-state index contributed by atoms with van der Waals surface area (Å²) in [5.74, 6) is 0.895. The van der Waals surface area contributed by atoms with E-state index in [1.165, 1.54) is 25.7 Å². The maximum absolute atomic E-state index is 8.79. The molecule has 0 heterocycles. The van der Waals surface area contributed by atoms with Crippen molar-refractivity contribution in [1.29, 1.82) is 5.26 Å². The number of halogens is 1. The molecule has 0 bridgehead atoms. The van der Waals surface area contributed by atoms with Gasteiger partial charge in [-0.3, -0.25) is 0 Å². The van der Waals surface area contributed by atoms with Gasteiger partial charge >= 0.3 is 0 Å². The van der Waals surface area contributed by atoms with Gasteiger partial charge in [0.15, 0.2) is 0 Å².